The van der Waals surface area contributed by atoms with E-state index in [1.807, 2.05) is 0 Å². The Hall–Kier alpha value is 1.03. The van der Waals surface area contributed by atoms with Gasteiger partial charge >= 0.3 is 0 Å². The molecule has 0 bridgehead atoms. The molecule has 0 atom stereocenters. The van der Waals surface area contributed by atoms with Crippen LogP contribution < -0.4 is 0 Å². The molecule has 0 aliphatic heterocycles. The maximum absolute atomic E-state index is 11.5. The van der Waals surface area contributed by atoms with Crippen LogP contribution in [0.25, 0.3) is 0 Å². The van der Waals surface area contributed by atoms with Gasteiger partial charge in [0.1, 0.15) is 0 Å². The van der Waals surface area contributed by atoms with Crippen molar-refractivity contribution in [3.05, 3.63) is 23.1 Å². The molecule has 0 aromatic carbocycles. The van der Waals surface area contributed by atoms with Gasteiger partial charge < -0.3 is 0 Å². The maximum atomic E-state index is 11.5. The monoisotopic (exact) mass is 241 g/mol. The van der Waals surface area contributed by atoms with Crippen LogP contribution in [0.4, 0.5) is 0 Å². The van der Waals surface area contributed by atoms with Gasteiger partial charge in [0.25, 0.3) is 10.1 Å². The molecular weight excluding hydrogens is 227 g/mol. The van der Waals surface area contributed by atoms with Crippen molar-refractivity contribution >= 4 is 61.5 Å². The molecule has 0 saturated carbocycles. The SMILES string of the molecule is CC(C)(C)OS(=O)(=O)C1=CC=CC1.[K]. The Morgan fingerprint density at radius 2 is 1.93 bits per heavy atom. The molecule has 0 aromatic rings. The van der Waals surface area contributed by atoms with Crippen LogP contribution in [0.1, 0.15) is 27.2 Å². The second-order valence-corrected chi connectivity index (χ2v) is 5.51. The molecular formula is C9H14KO3S. The summed E-state index contributed by atoms with van der Waals surface area (Å²) in [5.41, 5.74) is -0.664. The molecule has 0 N–H and O–H groups in total. The molecule has 1 aliphatic carbocycles. The molecule has 0 aromatic heterocycles. The summed E-state index contributed by atoms with van der Waals surface area (Å²) in [5.74, 6) is 0. The normalized spacial score (nSPS) is 16.4. The fraction of sp³-hybridized carbons (Fsp3) is 0.556. The Morgan fingerprint density at radius 3 is 2.29 bits per heavy atom. The summed E-state index contributed by atoms with van der Waals surface area (Å²) in [6.07, 6.45) is 5.53. The summed E-state index contributed by atoms with van der Waals surface area (Å²) in [6, 6.07) is 0. The van der Waals surface area contributed by atoms with Crippen LogP contribution in [0.5, 0.6) is 0 Å². The fourth-order valence-corrected chi connectivity index (χ4v) is 2.31. The average molecular weight is 241 g/mol. The van der Waals surface area contributed by atoms with Crippen molar-refractivity contribution < 1.29 is 12.6 Å². The van der Waals surface area contributed by atoms with Crippen LogP contribution in [-0.2, 0) is 14.3 Å². The molecule has 1 aliphatic rings. The molecule has 0 heterocycles. The zero-order chi connectivity index (χ0) is 10.1. The minimum Gasteiger partial charge on any atom is -0.261 e. The fourth-order valence-electron chi connectivity index (χ4n) is 0.996. The van der Waals surface area contributed by atoms with Crippen LogP contribution in [0.15, 0.2) is 23.1 Å². The van der Waals surface area contributed by atoms with E-state index in [0.717, 1.165) is 0 Å². The van der Waals surface area contributed by atoms with Crippen LogP contribution >= 0.6 is 0 Å². The molecule has 3 nitrogen and oxygen atoms in total. The van der Waals surface area contributed by atoms with Gasteiger partial charge in [-0.3, -0.25) is 4.18 Å². The Morgan fingerprint density at radius 1 is 1.36 bits per heavy atom. The third-order valence-corrected chi connectivity index (χ3v) is 3.08. The van der Waals surface area contributed by atoms with Crippen molar-refractivity contribution in [1.29, 1.82) is 0 Å². The van der Waals surface area contributed by atoms with Gasteiger partial charge in [-0.1, -0.05) is 12.2 Å². The first kappa shape index (κ1) is 15.0. The Balaban J connectivity index is 0.00000169. The standard InChI is InChI=1S/C9H14O3S.K/c1-9(2,3)12-13(10,11)8-6-4-5-7-8;/h4-6H,7H2,1-3H3;. The van der Waals surface area contributed by atoms with Gasteiger partial charge in [-0.2, -0.15) is 8.42 Å². The summed E-state index contributed by atoms with van der Waals surface area (Å²) in [5, 5.41) is 0. The summed E-state index contributed by atoms with van der Waals surface area (Å²) >= 11 is 0. The quantitative estimate of drug-likeness (QED) is 0.545. The van der Waals surface area contributed by atoms with Gasteiger partial charge in [0.2, 0.25) is 0 Å². The minimum absolute atomic E-state index is 0. The van der Waals surface area contributed by atoms with Crippen molar-refractivity contribution in [3.63, 3.8) is 0 Å². The Kier molecular flexibility index (Phi) is 5.78. The van der Waals surface area contributed by atoms with Crippen LogP contribution in [-0.4, -0.2) is 65.4 Å². The molecule has 14 heavy (non-hydrogen) atoms. The molecule has 0 saturated heterocycles. The molecule has 1 radical (unpaired) electrons. The van der Waals surface area contributed by atoms with Crippen LogP contribution in [0.2, 0.25) is 0 Å². The second kappa shape index (κ2) is 5.38. The molecule has 1 rings (SSSR count). The first-order valence-electron chi connectivity index (χ1n) is 4.13. The van der Waals surface area contributed by atoms with E-state index >= 15 is 0 Å². The molecule has 0 spiro atoms. The Bertz CT molecular complexity index is 347. The first-order chi connectivity index (χ1) is 5.81. The topological polar surface area (TPSA) is 43.4 Å². The molecule has 75 valence electrons. The summed E-state index contributed by atoms with van der Waals surface area (Å²) in [7, 11) is -3.52. The molecule has 0 unspecified atom stereocenters. The average Bonchev–Trinajstić information content (AvgIpc) is 2.29. The number of rotatable bonds is 2. The van der Waals surface area contributed by atoms with Crippen LogP contribution in [0.3, 0.4) is 0 Å². The third-order valence-electron chi connectivity index (χ3n) is 1.42. The van der Waals surface area contributed by atoms with E-state index in [0.29, 0.717) is 11.3 Å². The zero-order valence-corrected chi connectivity index (χ0v) is 13.0. The number of hydrogen-bond donors (Lipinski definition) is 0. The van der Waals surface area contributed by atoms with Crippen LogP contribution in [0, 0.1) is 0 Å². The summed E-state index contributed by atoms with van der Waals surface area (Å²) < 4.78 is 28.0. The van der Waals surface area contributed by atoms with E-state index < -0.39 is 15.7 Å². The van der Waals surface area contributed by atoms with E-state index in [1.54, 1.807) is 39.0 Å². The van der Waals surface area contributed by atoms with Crippen molar-refractivity contribution in [2.75, 3.05) is 0 Å². The molecule has 5 heteroatoms. The predicted octanol–water partition coefficient (Wildman–Crippen LogP) is 1.59. The number of hydrogen-bond acceptors (Lipinski definition) is 3. The second-order valence-electron chi connectivity index (χ2n) is 3.92. The first-order valence-corrected chi connectivity index (χ1v) is 5.53. The van der Waals surface area contributed by atoms with Crippen molar-refractivity contribution in [1.82, 2.24) is 0 Å². The zero-order valence-electron chi connectivity index (χ0n) is 9.07. The van der Waals surface area contributed by atoms with Crippen molar-refractivity contribution in [2.24, 2.45) is 0 Å². The molecule has 0 amide bonds. The summed E-state index contributed by atoms with van der Waals surface area (Å²) in [6.45, 7) is 5.15. The summed E-state index contributed by atoms with van der Waals surface area (Å²) in [4.78, 5) is 0.336. The van der Waals surface area contributed by atoms with E-state index in [1.165, 1.54) is 0 Å². The Labute approximate surface area is 128 Å². The van der Waals surface area contributed by atoms with Gasteiger partial charge in [0.05, 0.1) is 10.5 Å². The molecule has 0 fully saturated rings. The van der Waals surface area contributed by atoms with E-state index in [2.05, 4.69) is 0 Å². The predicted molar refractivity (Wildman–Crippen MR) is 57.4 cm³/mol. The smallest absolute Gasteiger partial charge is 0.261 e. The number of allylic oxidation sites excluding steroid dienone is 4. The van der Waals surface area contributed by atoms with Crippen molar-refractivity contribution in [3.8, 4) is 0 Å². The van der Waals surface area contributed by atoms with Gasteiger partial charge in [-0.25, -0.2) is 0 Å². The van der Waals surface area contributed by atoms with Crippen molar-refractivity contribution in [2.45, 2.75) is 32.8 Å². The van der Waals surface area contributed by atoms with E-state index in [4.69, 9.17) is 4.18 Å². The maximum Gasteiger partial charge on any atom is 0.293 e. The van der Waals surface area contributed by atoms with Gasteiger partial charge in [0, 0.05) is 57.8 Å². The van der Waals surface area contributed by atoms with E-state index in [-0.39, 0.29) is 51.4 Å². The van der Waals surface area contributed by atoms with Gasteiger partial charge in [-0.05, 0) is 26.8 Å². The van der Waals surface area contributed by atoms with Gasteiger partial charge in [0.15, 0.2) is 0 Å². The minimum atomic E-state index is -3.52. The van der Waals surface area contributed by atoms with E-state index in [9.17, 15) is 8.42 Å². The third kappa shape index (κ3) is 4.70. The van der Waals surface area contributed by atoms with Gasteiger partial charge in [-0.15, -0.1) is 0 Å². The largest absolute Gasteiger partial charge is 0.293 e.